The van der Waals surface area contributed by atoms with Crippen molar-refractivity contribution in [3.05, 3.63) is 35.4 Å². The van der Waals surface area contributed by atoms with E-state index in [0.717, 1.165) is 12.1 Å². The molecular formula is C13H12F3NO2. The van der Waals surface area contributed by atoms with E-state index < -0.39 is 17.8 Å². The summed E-state index contributed by atoms with van der Waals surface area (Å²) in [5.41, 5.74) is -0.382. The van der Waals surface area contributed by atoms with Crippen molar-refractivity contribution in [1.82, 2.24) is 4.90 Å². The van der Waals surface area contributed by atoms with Crippen molar-refractivity contribution in [2.45, 2.75) is 25.6 Å². The van der Waals surface area contributed by atoms with Crippen LogP contribution in [0.25, 0.3) is 0 Å². The monoisotopic (exact) mass is 271 g/mol. The standard InChI is InChI=1S/C13H12F3NO2/c1-8(17-7-11(18)6-12(17)19)9-3-2-4-10(5-9)13(14,15)16/h2-5,8H,6-7H2,1H3. The fourth-order valence-corrected chi connectivity index (χ4v) is 2.11. The predicted molar refractivity (Wildman–Crippen MR) is 61.2 cm³/mol. The zero-order chi connectivity index (χ0) is 14.2. The number of amides is 1. The molecule has 0 saturated carbocycles. The minimum absolute atomic E-state index is 0.0315. The van der Waals surface area contributed by atoms with Crippen LogP contribution < -0.4 is 0 Å². The summed E-state index contributed by atoms with van der Waals surface area (Å²) in [5, 5.41) is 0. The molecule has 0 aliphatic carbocycles. The number of rotatable bonds is 2. The number of ketones is 1. The molecule has 19 heavy (non-hydrogen) atoms. The topological polar surface area (TPSA) is 37.4 Å². The fourth-order valence-electron chi connectivity index (χ4n) is 2.11. The van der Waals surface area contributed by atoms with Gasteiger partial charge in [0.1, 0.15) is 0 Å². The second-order valence-corrected chi connectivity index (χ2v) is 4.54. The van der Waals surface area contributed by atoms with Gasteiger partial charge in [0, 0.05) is 0 Å². The first-order valence-corrected chi connectivity index (χ1v) is 5.77. The maximum Gasteiger partial charge on any atom is 0.416 e. The van der Waals surface area contributed by atoms with Crippen LogP contribution in [0.1, 0.15) is 30.5 Å². The van der Waals surface area contributed by atoms with Gasteiger partial charge in [-0.3, -0.25) is 9.59 Å². The molecule has 1 atom stereocenters. The predicted octanol–water partition coefficient (Wildman–Crippen LogP) is 2.57. The van der Waals surface area contributed by atoms with Crippen molar-refractivity contribution in [3.8, 4) is 0 Å². The summed E-state index contributed by atoms with van der Waals surface area (Å²) in [6.45, 7) is 1.59. The Morgan fingerprint density at radius 3 is 2.47 bits per heavy atom. The number of nitrogens with zero attached hydrogens (tertiary/aromatic N) is 1. The van der Waals surface area contributed by atoms with Gasteiger partial charge in [0.15, 0.2) is 5.78 Å². The van der Waals surface area contributed by atoms with Crippen LogP contribution in [0.5, 0.6) is 0 Å². The summed E-state index contributed by atoms with van der Waals surface area (Å²) in [6.07, 6.45) is -4.58. The molecule has 1 aromatic carbocycles. The summed E-state index contributed by atoms with van der Waals surface area (Å²) >= 11 is 0. The Balaban J connectivity index is 2.27. The van der Waals surface area contributed by atoms with E-state index in [-0.39, 0.29) is 24.7 Å². The van der Waals surface area contributed by atoms with Crippen molar-refractivity contribution >= 4 is 11.7 Å². The van der Waals surface area contributed by atoms with E-state index in [1.54, 1.807) is 6.92 Å². The summed E-state index contributed by atoms with van der Waals surface area (Å²) < 4.78 is 37.8. The second kappa shape index (κ2) is 4.68. The van der Waals surface area contributed by atoms with Crippen molar-refractivity contribution in [1.29, 1.82) is 0 Å². The van der Waals surface area contributed by atoms with E-state index in [0.29, 0.717) is 5.56 Å². The van der Waals surface area contributed by atoms with Crippen LogP contribution in [0.15, 0.2) is 24.3 Å². The third-order valence-electron chi connectivity index (χ3n) is 3.18. The lowest BCUT2D eigenvalue weighted by Gasteiger charge is -2.24. The number of alkyl halides is 3. The van der Waals surface area contributed by atoms with Gasteiger partial charge in [-0.05, 0) is 24.6 Å². The van der Waals surface area contributed by atoms with Gasteiger partial charge < -0.3 is 4.90 Å². The fraction of sp³-hybridized carbons (Fsp3) is 0.385. The minimum Gasteiger partial charge on any atom is -0.328 e. The third kappa shape index (κ3) is 2.77. The molecule has 1 unspecified atom stereocenters. The Bertz CT molecular complexity index is 525. The van der Waals surface area contributed by atoms with Crippen molar-refractivity contribution in [2.75, 3.05) is 6.54 Å². The Morgan fingerprint density at radius 2 is 1.95 bits per heavy atom. The van der Waals surface area contributed by atoms with Crippen LogP contribution in [0.4, 0.5) is 13.2 Å². The summed E-state index contributed by atoms with van der Waals surface area (Å²) in [6, 6.07) is 4.28. The Kier molecular flexibility index (Phi) is 3.34. The van der Waals surface area contributed by atoms with Crippen LogP contribution in [-0.4, -0.2) is 23.1 Å². The highest BCUT2D eigenvalue weighted by Gasteiger charge is 2.34. The Labute approximate surface area is 108 Å². The third-order valence-corrected chi connectivity index (χ3v) is 3.18. The molecule has 0 radical (unpaired) electrons. The van der Waals surface area contributed by atoms with E-state index in [1.165, 1.54) is 17.0 Å². The molecule has 1 aliphatic heterocycles. The molecule has 1 saturated heterocycles. The van der Waals surface area contributed by atoms with Crippen LogP contribution >= 0.6 is 0 Å². The molecule has 1 amide bonds. The van der Waals surface area contributed by atoms with E-state index in [2.05, 4.69) is 0 Å². The molecular weight excluding hydrogens is 259 g/mol. The molecule has 102 valence electrons. The molecule has 0 bridgehead atoms. The van der Waals surface area contributed by atoms with Crippen LogP contribution in [0, 0.1) is 0 Å². The number of carbonyl (C=O) groups excluding carboxylic acids is 2. The number of benzene rings is 1. The summed E-state index contributed by atoms with van der Waals surface area (Å²) in [7, 11) is 0. The molecule has 0 aromatic heterocycles. The molecule has 3 nitrogen and oxygen atoms in total. The van der Waals surface area contributed by atoms with Crippen molar-refractivity contribution in [3.63, 3.8) is 0 Å². The van der Waals surface area contributed by atoms with Gasteiger partial charge in [-0.25, -0.2) is 0 Å². The zero-order valence-electron chi connectivity index (χ0n) is 10.2. The van der Waals surface area contributed by atoms with Gasteiger partial charge in [0.25, 0.3) is 0 Å². The summed E-state index contributed by atoms with van der Waals surface area (Å²) in [4.78, 5) is 24.1. The first-order valence-electron chi connectivity index (χ1n) is 5.77. The van der Waals surface area contributed by atoms with Gasteiger partial charge in [-0.2, -0.15) is 13.2 Å². The first-order chi connectivity index (χ1) is 8.79. The van der Waals surface area contributed by atoms with Crippen LogP contribution in [0.2, 0.25) is 0 Å². The Morgan fingerprint density at radius 1 is 1.26 bits per heavy atom. The normalized spacial score (nSPS) is 18.0. The number of carbonyl (C=O) groups is 2. The SMILES string of the molecule is CC(c1cccc(C(F)(F)F)c1)N1CC(=O)CC1=O. The molecule has 1 aliphatic rings. The smallest absolute Gasteiger partial charge is 0.328 e. The van der Waals surface area contributed by atoms with Crippen LogP contribution in [-0.2, 0) is 15.8 Å². The molecule has 6 heteroatoms. The molecule has 0 spiro atoms. The lowest BCUT2D eigenvalue weighted by atomic mass is 10.0. The molecule has 2 rings (SSSR count). The lowest BCUT2D eigenvalue weighted by molar-refractivity contribution is -0.137. The maximum atomic E-state index is 12.6. The largest absolute Gasteiger partial charge is 0.416 e. The van der Waals surface area contributed by atoms with Crippen LogP contribution in [0.3, 0.4) is 0 Å². The van der Waals surface area contributed by atoms with Crippen molar-refractivity contribution < 1.29 is 22.8 Å². The molecule has 1 fully saturated rings. The second-order valence-electron chi connectivity index (χ2n) is 4.54. The van der Waals surface area contributed by atoms with Gasteiger partial charge in [-0.15, -0.1) is 0 Å². The minimum atomic E-state index is -4.42. The van der Waals surface area contributed by atoms with E-state index in [1.807, 2.05) is 0 Å². The summed E-state index contributed by atoms with van der Waals surface area (Å²) in [5.74, 6) is -0.543. The number of likely N-dealkylation sites (tertiary alicyclic amines) is 1. The zero-order valence-corrected chi connectivity index (χ0v) is 10.2. The first kappa shape index (κ1) is 13.6. The molecule has 1 heterocycles. The number of Topliss-reactive ketones (excluding diaryl/α,β-unsaturated/α-hetero) is 1. The highest BCUT2D eigenvalue weighted by atomic mass is 19.4. The van der Waals surface area contributed by atoms with Gasteiger partial charge in [0.2, 0.25) is 5.91 Å². The van der Waals surface area contributed by atoms with Gasteiger partial charge >= 0.3 is 6.18 Å². The van der Waals surface area contributed by atoms with E-state index >= 15 is 0 Å². The van der Waals surface area contributed by atoms with Gasteiger partial charge in [0.05, 0.1) is 24.6 Å². The average Bonchev–Trinajstić information content (AvgIpc) is 2.66. The van der Waals surface area contributed by atoms with E-state index in [9.17, 15) is 22.8 Å². The van der Waals surface area contributed by atoms with Crippen molar-refractivity contribution in [2.24, 2.45) is 0 Å². The molecule has 0 N–H and O–H groups in total. The number of hydrogen-bond donors (Lipinski definition) is 0. The highest BCUT2D eigenvalue weighted by Crippen LogP contribution is 2.32. The average molecular weight is 271 g/mol. The lowest BCUT2D eigenvalue weighted by Crippen LogP contribution is -2.28. The maximum absolute atomic E-state index is 12.6. The highest BCUT2D eigenvalue weighted by molar-refractivity contribution is 6.05. The molecule has 1 aromatic rings. The van der Waals surface area contributed by atoms with Gasteiger partial charge in [-0.1, -0.05) is 12.1 Å². The number of halogens is 3. The number of hydrogen-bond acceptors (Lipinski definition) is 2. The Hall–Kier alpha value is -1.85. The van der Waals surface area contributed by atoms with E-state index in [4.69, 9.17) is 0 Å². The quantitative estimate of drug-likeness (QED) is 0.775.